The highest BCUT2D eigenvalue weighted by Gasteiger charge is 2.17. The van der Waals surface area contributed by atoms with E-state index < -0.39 is 5.91 Å². The molecule has 1 saturated heterocycles. The van der Waals surface area contributed by atoms with Gasteiger partial charge in [-0.15, -0.1) is 11.3 Å². The molecule has 1 aromatic heterocycles. The average Bonchev–Trinajstić information content (AvgIpc) is 3.22. The summed E-state index contributed by atoms with van der Waals surface area (Å²) in [5, 5.41) is 3.36. The van der Waals surface area contributed by atoms with E-state index in [-0.39, 0.29) is 18.0 Å². The number of halogens is 2. The third-order valence-corrected chi connectivity index (χ3v) is 5.45. The van der Waals surface area contributed by atoms with E-state index in [4.69, 9.17) is 32.7 Å². The summed E-state index contributed by atoms with van der Waals surface area (Å²) in [4.78, 5) is 30.4. The highest BCUT2D eigenvalue weighted by Crippen LogP contribution is 2.27. The zero-order valence-corrected chi connectivity index (χ0v) is 17.8. The molecule has 2 aromatic rings. The number of nitrogens with zero attached hydrogens (tertiary/aromatic N) is 2. The summed E-state index contributed by atoms with van der Waals surface area (Å²) in [6.45, 7) is 3.08. The number of hydrogen-bond donors (Lipinski definition) is 2. The predicted octanol–water partition coefficient (Wildman–Crippen LogP) is 2.91. The summed E-state index contributed by atoms with van der Waals surface area (Å²) in [6, 6.07) is 4.93. The first kappa shape index (κ1) is 21.6. The molecule has 2 heterocycles. The minimum Gasteiger partial charge on any atom is -0.492 e. The molecule has 1 aliphatic rings. The number of thiazole rings is 1. The predicted molar refractivity (Wildman–Crippen MR) is 112 cm³/mol. The monoisotopic (exact) mass is 458 g/mol. The molecule has 11 heteroatoms. The van der Waals surface area contributed by atoms with Gasteiger partial charge < -0.3 is 14.4 Å². The van der Waals surface area contributed by atoms with Gasteiger partial charge >= 0.3 is 0 Å². The molecule has 2 amide bonds. The molecule has 156 valence electrons. The van der Waals surface area contributed by atoms with Crippen molar-refractivity contribution in [2.45, 2.75) is 12.8 Å². The number of carbonyl (C=O) groups is 2. The van der Waals surface area contributed by atoms with Crippen molar-refractivity contribution in [3.8, 4) is 5.75 Å². The van der Waals surface area contributed by atoms with E-state index in [0.717, 1.165) is 18.2 Å². The third-order valence-electron chi connectivity index (χ3n) is 4.02. The number of morpholine rings is 1. The fourth-order valence-electron chi connectivity index (χ4n) is 2.53. The first-order chi connectivity index (χ1) is 14.0. The maximum absolute atomic E-state index is 12.2. The summed E-state index contributed by atoms with van der Waals surface area (Å²) < 4.78 is 10.8. The lowest BCUT2D eigenvalue weighted by Crippen LogP contribution is -2.42. The van der Waals surface area contributed by atoms with E-state index in [9.17, 15) is 9.59 Å². The molecule has 29 heavy (non-hydrogen) atoms. The molecule has 0 aliphatic carbocycles. The number of nitrogens with one attached hydrogen (secondary N) is 2. The van der Waals surface area contributed by atoms with Crippen molar-refractivity contribution in [3.05, 3.63) is 39.3 Å². The Morgan fingerprint density at radius 3 is 2.79 bits per heavy atom. The number of hydrazine groups is 1. The van der Waals surface area contributed by atoms with Crippen LogP contribution in [-0.2, 0) is 9.53 Å². The minimum atomic E-state index is -0.460. The Kier molecular flexibility index (Phi) is 7.93. The van der Waals surface area contributed by atoms with Crippen molar-refractivity contribution < 1.29 is 19.1 Å². The number of hydrogen-bond acceptors (Lipinski definition) is 7. The van der Waals surface area contributed by atoms with Gasteiger partial charge in [0.25, 0.3) is 5.91 Å². The lowest BCUT2D eigenvalue weighted by atomic mass is 10.3. The molecule has 0 bridgehead atoms. The molecule has 0 saturated carbocycles. The summed E-state index contributed by atoms with van der Waals surface area (Å²) in [6.07, 6.45) is 0.639. The molecule has 0 radical (unpaired) electrons. The molecule has 0 atom stereocenters. The fraction of sp³-hybridized carbons (Fsp3) is 0.389. The Hall–Kier alpha value is -2.07. The molecule has 3 rings (SSSR count). The number of rotatable bonds is 7. The van der Waals surface area contributed by atoms with Crippen LogP contribution in [0.1, 0.15) is 23.3 Å². The Bertz CT molecular complexity index is 858. The van der Waals surface area contributed by atoms with Gasteiger partial charge in [0.1, 0.15) is 11.4 Å². The zero-order chi connectivity index (χ0) is 20.6. The first-order valence-corrected chi connectivity index (χ1v) is 10.6. The van der Waals surface area contributed by atoms with Crippen LogP contribution in [0, 0.1) is 0 Å². The van der Waals surface area contributed by atoms with E-state index in [1.807, 2.05) is 0 Å². The molecule has 8 nitrogen and oxygen atoms in total. The summed E-state index contributed by atoms with van der Waals surface area (Å²) in [5.41, 5.74) is 5.02. The van der Waals surface area contributed by atoms with E-state index in [0.29, 0.717) is 42.0 Å². The van der Waals surface area contributed by atoms with E-state index in [1.54, 1.807) is 23.6 Å². The van der Waals surface area contributed by atoms with Crippen LogP contribution < -0.4 is 20.5 Å². The molecule has 2 N–H and O–H groups in total. The van der Waals surface area contributed by atoms with Gasteiger partial charge in [-0.05, 0) is 24.6 Å². The highest BCUT2D eigenvalue weighted by atomic mass is 35.5. The highest BCUT2D eigenvalue weighted by molar-refractivity contribution is 7.13. The lowest BCUT2D eigenvalue weighted by molar-refractivity contribution is -0.122. The second-order valence-electron chi connectivity index (χ2n) is 6.14. The number of benzene rings is 1. The Morgan fingerprint density at radius 1 is 1.24 bits per heavy atom. The van der Waals surface area contributed by atoms with Crippen LogP contribution in [-0.4, -0.2) is 49.7 Å². The maximum Gasteiger partial charge on any atom is 0.289 e. The number of aromatic nitrogens is 1. The first-order valence-electron chi connectivity index (χ1n) is 8.98. The van der Waals surface area contributed by atoms with Crippen LogP contribution in [0.3, 0.4) is 0 Å². The maximum atomic E-state index is 12.2. The SMILES string of the molecule is O=C(CCCOc1ccc(Cl)cc1Cl)NNC(=O)c1csc(N2CCOCC2)n1. The van der Waals surface area contributed by atoms with Gasteiger partial charge in [0.2, 0.25) is 5.91 Å². The van der Waals surface area contributed by atoms with Gasteiger partial charge in [0.15, 0.2) is 5.13 Å². The normalized spacial score (nSPS) is 13.8. The van der Waals surface area contributed by atoms with Crippen LogP contribution in [0.5, 0.6) is 5.75 Å². The van der Waals surface area contributed by atoms with Crippen molar-refractivity contribution in [1.29, 1.82) is 0 Å². The summed E-state index contributed by atoms with van der Waals surface area (Å²) >= 11 is 13.2. The van der Waals surface area contributed by atoms with E-state index >= 15 is 0 Å². The molecular formula is C18H20Cl2N4O4S. The smallest absolute Gasteiger partial charge is 0.289 e. The van der Waals surface area contributed by atoms with E-state index in [1.165, 1.54) is 11.3 Å². The van der Waals surface area contributed by atoms with Crippen LogP contribution in [0.4, 0.5) is 5.13 Å². The van der Waals surface area contributed by atoms with Crippen molar-refractivity contribution in [2.75, 3.05) is 37.8 Å². The average molecular weight is 459 g/mol. The molecule has 1 aromatic carbocycles. The Balaban J connectivity index is 1.35. The van der Waals surface area contributed by atoms with Crippen LogP contribution in [0.25, 0.3) is 0 Å². The summed E-state index contributed by atoms with van der Waals surface area (Å²) in [7, 11) is 0. The largest absolute Gasteiger partial charge is 0.492 e. The van der Waals surface area contributed by atoms with Gasteiger partial charge in [0.05, 0.1) is 24.8 Å². The molecule has 1 fully saturated rings. The molecule has 0 unspecified atom stereocenters. The molecular weight excluding hydrogens is 439 g/mol. The second kappa shape index (κ2) is 10.6. The van der Waals surface area contributed by atoms with Gasteiger partial charge in [-0.1, -0.05) is 23.2 Å². The van der Waals surface area contributed by atoms with Crippen LogP contribution in [0.2, 0.25) is 10.0 Å². The van der Waals surface area contributed by atoms with Gasteiger partial charge in [-0.2, -0.15) is 0 Å². The third kappa shape index (κ3) is 6.46. The van der Waals surface area contributed by atoms with Crippen molar-refractivity contribution in [1.82, 2.24) is 15.8 Å². The number of anilines is 1. The second-order valence-corrected chi connectivity index (χ2v) is 7.82. The minimum absolute atomic E-state index is 0.182. The number of carbonyl (C=O) groups excluding carboxylic acids is 2. The van der Waals surface area contributed by atoms with Gasteiger partial charge in [-0.25, -0.2) is 4.98 Å². The standard InChI is InChI=1S/C18H20Cl2N4O4S/c19-12-3-4-15(13(20)10-12)28-7-1-2-16(25)22-23-17(26)14-11-29-18(21-14)24-5-8-27-9-6-24/h3-4,10-11H,1-2,5-9H2,(H,22,25)(H,23,26). The number of amides is 2. The molecule has 0 spiro atoms. The van der Waals surface area contributed by atoms with E-state index in [2.05, 4.69) is 20.7 Å². The van der Waals surface area contributed by atoms with Crippen LogP contribution in [0.15, 0.2) is 23.6 Å². The topological polar surface area (TPSA) is 92.8 Å². The number of ether oxygens (including phenoxy) is 2. The quantitative estimate of drug-likeness (QED) is 0.489. The Morgan fingerprint density at radius 2 is 2.03 bits per heavy atom. The lowest BCUT2D eigenvalue weighted by Gasteiger charge is -2.25. The fourth-order valence-corrected chi connectivity index (χ4v) is 3.85. The van der Waals surface area contributed by atoms with Gasteiger partial charge in [-0.3, -0.25) is 20.4 Å². The van der Waals surface area contributed by atoms with Gasteiger partial charge in [0, 0.05) is 29.9 Å². The Labute approximate surface area is 182 Å². The molecule has 1 aliphatic heterocycles. The zero-order valence-electron chi connectivity index (χ0n) is 15.5. The van der Waals surface area contributed by atoms with Crippen molar-refractivity contribution in [2.24, 2.45) is 0 Å². The van der Waals surface area contributed by atoms with Crippen molar-refractivity contribution >= 4 is 51.5 Å². The summed E-state index contributed by atoms with van der Waals surface area (Å²) in [5.74, 6) is -0.282. The van der Waals surface area contributed by atoms with Crippen molar-refractivity contribution in [3.63, 3.8) is 0 Å². The van der Waals surface area contributed by atoms with Crippen LogP contribution >= 0.6 is 34.5 Å².